The first kappa shape index (κ1) is 13.6. The number of nitrogen functional groups attached to an aromatic ring is 1. The average molecular weight is 285 g/mol. The number of anilines is 1. The van der Waals surface area contributed by atoms with Crippen molar-refractivity contribution < 1.29 is 17.4 Å². The molecule has 6 heteroatoms. The number of rotatable bonds is 3. The van der Waals surface area contributed by atoms with Crippen LogP contribution in [0.3, 0.4) is 0 Å². The van der Waals surface area contributed by atoms with Gasteiger partial charge in [-0.2, -0.15) is 0 Å². The smallest absolute Gasteiger partial charge is 0.146 e. The molecule has 2 aromatic carbocycles. The Balaban J connectivity index is 2.25. The first-order valence-electron chi connectivity index (χ1n) is 5.34. The molecule has 0 heterocycles. The topological polar surface area (TPSA) is 43.1 Å². The van der Waals surface area contributed by atoms with Gasteiger partial charge in [0, 0.05) is 0 Å². The Morgan fingerprint density at radius 2 is 1.74 bits per heavy atom. The molecule has 0 fully saturated rings. The molecule has 0 spiro atoms. The summed E-state index contributed by atoms with van der Waals surface area (Å²) in [6, 6.07) is 6.69. The number of halogens is 3. The van der Waals surface area contributed by atoms with Crippen LogP contribution in [-0.2, 0) is 16.6 Å². The van der Waals surface area contributed by atoms with Crippen LogP contribution in [0.5, 0.6) is 0 Å². The van der Waals surface area contributed by atoms with Crippen molar-refractivity contribution in [3.8, 4) is 0 Å². The van der Waals surface area contributed by atoms with E-state index in [-0.39, 0.29) is 16.3 Å². The quantitative estimate of drug-likeness (QED) is 0.881. The highest BCUT2D eigenvalue weighted by molar-refractivity contribution is 7.84. The van der Waals surface area contributed by atoms with Crippen LogP contribution in [0.1, 0.15) is 5.56 Å². The van der Waals surface area contributed by atoms with Gasteiger partial charge in [0.05, 0.1) is 27.1 Å². The molecular formula is C13H10F3NOS. The molecule has 2 aromatic rings. The number of hydrogen-bond donors (Lipinski definition) is 1. The highest BCUT2D eigenvalue weighted by atomic mass is 32.2. The minimum Gasteiger partial charge on any atom is -0.396 e. The van der Waals surface area contributed by atoms with E-state index < -0.39 is 28.3 Å². The molecule has 0 saturated heterocycles. The fraction of sp³-hybridized carbons (Fsp3) is 0.0769. The lowest BCUT2D eigenvalue weighted by atomic mass is 10.2. The van der Waals surface area contributed by atoms with E-state index in [4.69, 9.17) is 5.73 Å². The summed E-state index contributed by atoms with van der Waals surface area (Å²) in [5.74, 6) is -2.17. The molecular weight excluding hydrogens is 275 g/mol. The van der Waals surface area contributed by atoms with Crippen molar-refractivity contribution in [2.24, 2.45) is 0 Å². The first-order chi connectivity index (χ1) is 8.97. The molecule has 1 unspecified atom stereocenters. The minimum absolute atomic E-state index is 0.0218. The van der Waals surface area contributed by atoms with Crippen LogP contribution < -0.4 is 5.73 Å². The van der Waals surface area contributed by atoms with Gasteiger partial charge in [-0.05, 0) is 35.9 Å². The largest absolute Gasteiger partial charge is 0.396 e. The molecule has 19 heavy (non-hydrogen) atoms. The van der Waals surface area contributed by atoms with Crippen molar-refractivity contribution >= 4 is 16.5 Å². The Hall–Kier alpha value is -1.82. The zero-order valence-electron chi connectivity index (χ0n) is 9.70. The van der Waals surface area contributed by atoms with Gasteiger partial charge >= 0.3 is 0 Å². The van der Waals surface area contributed by atoms with Gasteiger partial charge in [-0.15, -0.1) is 0 Å². The van der Waals surface area contributed by atoms with Crippen LogP contribution in [0.15, 0.2) is 41.3 Å². The van der Waals surface area contributed by atoms with E-state index in [1.165, 1.54) is 12.1 Å². The molecule has 0 aliphatic rings. The van der Waals surface area contributed by atoms with E-state index in [1.54, 1.807) is 0 Å². The van der Waals surface area contributed by atoms with E-state index in [9.17, 15) is 17.4 Å². The number of hydrogen-bond acceptors (Lipinski definition) is 2. The summed E-state index contributed by atoms with van der Waals surface area (Å²) < 4.78 is 51.5. The maximum absolute atomic E-state index is 13.4. The molecule has 2 rings (SSSR count). The third kappa shape index (κ3) is 3.14. The maximum atomic E-state index is 13.4. The summed E-state index contributed by atoms with van der Waals surface area (Å²) in [5.41, 5.74) is 5.69. The van der Waals surface area contributed by atoms with Gasteiger partial charge in [0.15, 0.2) is 0 Å². The second-order valence-corrected chi connectivity index (χ2v) is 5.34. The van der Waals surface area contributed by atoms with Gasteiger partial charge in [0.2, 0.25) is 0 Å². The van der Waals surface area contributed by atoms with Crippen LogP contribution in [0.25, 0.3) is 0 Å². The van der Waals surface area contributed by atoms with Crippen LogP contribution in [-0.4, -0.2) is 4.21 Å². The van der Waals surface area contributed by atoms with Crippen molar-refractivity contribution in [2.45, 2.75) is 10.6 Å². The van der Waals surface area contributed by atoms with Crippen LogP contribution in [0, 0.1) is 17.5 Å². The Morgan fingerprint density at radius 1 is 1.00 bits per heavy atom. The van der Waals surface area contributed by atoms with Crippen molar-refractivity contribution in [1.82, 2.24) is 0 Å². The summed E-state index contributed by atoms with van der Waals surface area (Å²) in [5, 5.41) is 0. The van der Waals surface area contributed by atoms with E-state index in [0.29, 0.717) is 5.56 Å². The molecule has 0 amide bonds. The van der Waals surface area contributed by atoms with Crippen LogP contribution in [0.2, 0.25) is 0 Å². The molecule has 1 atom stereocenters. The number of benzene rings is 2. The van der Waals surface area contributed by atoms with Crippen LogP contribution >= 0.6 is 0 Å². The highest BCUT2D eigenvalue weighted by Gasteiger charge is 2.12. The summed E-state index contributed by atoms with van der Waals surface area (Å²) >= 11 is 0. The molecule has 0 radical (unpaired) electrons. The van der Waals surface area contributed by atoms with Crippen molar-refractivity contribution in [1.29, 1.82) is 0 Å². The summed E-state index contributed by atoms with van der Waals surface area (Å²) in [7, 11) is -1.79. The summed E-state index contributed by atoms with van der Waals surface area (Å²) in [6.45, 7) is 0. The van der Waals surface area contributed by atoms with Crippen molar-refractivity contribution in [3.05, 3.63) is 59.4 Å². The van der Waals surface area contributed by atoms with E-state index >= 15 is 0 Å². The Morgan fingerprint density at radius 3 is 2.42 bits per heavy atom. The molecule has 2 N–H and O–H groups in total. The zero-order valence-corrected chi connectivity index (χ0v) is 10.5. The van der Waals surface area contributed by atoms with Gasteiger partial charge in [-0.1, -0.05) is 6.07 Å². The van der Waals surface area contributed by atoms with E-state index in [1.807, 2.05) is 0 Å². The predicted octanol–water partition coefficient (Wildman–Crippen LogP) is 2.99. The van der Waals surface area contributed by atoms with Gasteiger partial charge in [0.1, 0.15) is 17.5 Å². The second-order valence-electron chi connectivity index (χ2n) is 3.92. The van der Waals surface area contributed by atoms with E-state index in [0.717, 1.165) is 24.3 Å². The Labute approximate surface area is 110 Å². The average Bonchev–Trinajstić information content (AvgIpc) is 2.36. The molecule has 0 aliphatic carbocycles. The molecule has 100 valence electrons. The molecule has 2 nitrogen and oxygen atoms in total. The third-order valence-electron chi connectivity index (χ3n) is 2.50. The van der Waals surface area contributed by atoms with Gasteiger partial charge in [-0.3, -0.25) is 4.21 Å². The third-order valence-corrected chi connectivity index (χ3v) is 3.90. The molecule has 0 bridgehead atoms. The lowest BCUT2D eigenvalue weighted by molar-refractivity contribution is 0.572. The standard InChI is InChI=1S/C13H10F3NOS/c14-9-2-3-10(15)13(6-9)19(18)7-8-1-4-12(17)11(16)5-8/h1-6H,7,17H2. The minimum atomic E-state index is -1.79. The van der Waals surface area contributed by atoms with Gasteiger partial charge < -0.3 is 5.73 Å². The van der Waals surface area contributed by atoms with Gasteiger partial charge in [0.25, 0.3) is 0 Å². The van der Waals surface area contributed by atoms with Crippen molar-refractivity contribution in [3.63, 3.8) is 0 Å². The summed E-state index contributed by atoms with van der Waals surface area (Å²) in [6.07, 6.45) is 0. The zero-order chi connectivity index (χ0) is 14.0. The fourth-order valence-corrected chi connectivity index (χ4v) is 2.71. The Kier molecular flexibility index (Phi) is 3.90. The Bertz CT molecular complexity index is 646. The molecule has 0 saturated carbocycles. The molecule has 0 aliphatic heterocycles. The number of nitrogens with two attached hydrogens (primary N) is 1. The van der Waals surface area contributed by atoms with Gasteiger partial charge in [-0.25, -0.2) is 13.2 Å². The van der Waals surface area contributed by atoms with E-state index in [2.05, 4.69) is 0 Å². The predicted molar refractivity (Wildman–Crippen MR) is 67.3 cm³/mol. The SMILES string of the molecule is Nc1ccc(CS(=O)c2cc(F)ccc2F)cc1F. The maximum Gasteiger partial charge on any atom is 0.146 e. The summed E-state index contributed by atoms with van der Waals surface area (Å²) in [4.78, 5) is -0.239. The highest BCUT2D eigenvalue weighted by Crippen LogP contribution is 2.19. The normalized spacial score (nSPS) is 12.4. The van der Waals surface area contributed by atoms with Crippen molar-refractivity contribution in [2.75, 3.05) is 5.73 Å². The second kappa shape index (κ2) is 5.44. The van der Waals surface area contributed by atoms with Crippen LogP contribution in [0.4, 0.5) is 18.9 Å². The monoisotopic (exact) mass is 285 g/mol. The lowest BCUT2D eigenvalue weighted by Gasteiger charge is -2.05. The lowest BCUT2D eigenvalue weighted by Crippen LogP contribution is -2.01. The first-order valence-corrected chi connectivity index (χ1v) is 6.66. The fourth-order valence-electron chi connectivity index (χ4n) is 1.54. The molecule has 0 aromatic heterocycles.